The molecule has 0 aliphatic heterocycles. The highest BCUT2D eigenvalue weighted by Gasteiger charge is 2.08. The van der Waals surface area contributed by atoms with Crippen LogP contribution in [0.4, 0.5) is 0 Å². The molecule has 0 saturated heterocycles. The third-order valence-electron chi connectivity index (χ3n) is 4.31. The zero-order valence-corrected chi connectivity index (χ0v) is 15.7. The normalized spacial score (nSPS) is 10.5. The Morgan fingerprint density at radius 2 is 1.97 bits per heavy atom. The van der Waals surface area contributed by atoms with E-state index in [4.69, 9.17) is 20.2 Å². The molecule has 9 heteroatoms. The smallest absolute Gasteiger partial charge is 0.274 e. The van der Waals surface area contributed by atoms with E-state index in [1.54, 1.807) is 17.6 Å². The first-order chi connectivity index (χ1) is 14.2. The number of carbonyl (C=O) groups excluding carboxylic acids is 1. The van der Waals surface area contributed by atoms with E-state index in [1.807, 2.05) is 47.2 Å². The number of hydrogen-bond acceptors (Lipinski definition) is 5. The monoisotopic (exact) mass is 395 g/mol. The van der Waals surface area contributed by atoms with Gasteiger partial charge in [-0.25, -0.2) is 5.48 Å². The van der Waals surface area contributed by atoms with E-state index in [0.29, 0.717) is 38.5 Å². The lowest BCUT2D eigenvalue weighted by Crippen LogP contribution is -2.18. The average molecular weight is 395 g/mol. The lowest BCUT2D eigenvalue weighted by molar-refractivity contribution is 0.0706. The lowest BCUT2D eigenvalue weighted by atomic mass is 10.1. The van der Waals surface area contributed by atoms with Gasteiger partial charge in [-0.15, -0.1) is 0 Å². The van der Waals surface area contributed by atoms with Crippen LogP contribution in [0.1, 0.15) is 15.9 Å². The fourth-order valence-electron chi connectivity index (χ4n) is 2.89. The molecular formula is C20H21N5O4. The van der Waals surface area contributed by atoms with Gasteiger partial charge in [0, 0.05) is 35.3 Å². The van der Waals surface area contributed by atoms with Crippen LogP contribution >= 0.6 is 0 Å². The first kappa shape index (κ1) is 20.2. The Morgan fingerprint density at radius 3 is 2.72 bits per heavy atom. The topological polar surface area (TPSA) is 121 Å². The SMILES string of the molecule is [N-]=[N+]=NCCOCCOc1ccc(Cn2ccc3ccc(C(=O)NO)cc32)cc1. The van der Waals surface area contributed by atoms with Gasteiger partial charge in [0.1, 0.15) is 12.4 Å². The number of nitrogens with zero attached hydrogens (tertiary/aromatic N) is 4. The van der Waals surface area contributed by atoms with Crippen LogP contribution in [0.2, 0.25) is 0 Å². The fourth-order valence-corrected chi connectivity index (χ4v) is 2.89. The minimum atomic E-state index is -0.539. The van der Waals surface area contributed by atoms with Crippen molar-refractivity contribution >= 4 is 16.8 Å². The highest BCUT2D eigenvalue weighted by molar-refractivity contribution is 5.97. The summed E-state index contributed by atoms with van der Waals surface area (Å²) in [6, 6.07) is 15.0. The van der Waals surface area contributed by atoms with Gasteiger partial charge in [-0.05, 0) is 46.8 Å². The molecule has 2 aromatic carbocycles. The molecule has 0 fully saturated rings. The minimum Gasteiger partial charge on any atom is -0.491 e. The largest absolute Gasteiger partial charge is 0.491 e. The van der Waals surface area contributed by atoms with Crippen LogP contribution in [0.25, 0.3) is 21.3 Å². The van der Waals surface area contributed by atoms with Gasteiger partial charge in [0.05, 0.1) is 13.2 Å². The Hall–Kier alpha value is -3.52. The van der Waals surface area contributed by atoms with E-state index in [1.165, 1.54) is 0 Å². The molecule has 0 aliphatic rings. The summed E-state index contributed by atoms with van der Waals surface area (Å²) in [5, 5.41) is 13.2. The van der Waals surface area contributed by atoms with Crippen molar-refractivity contribution in [1.82, 2.24) is 10.0 Å². The van der Waals surface area contributed by atoms with Gasteiger partial charge in [-0.1, -0.05) is 23.3 Å². The van der Waals surface area contributed by atoms with Gasteiger partial charge in [0.25, 0.3) is 5.91 Å². The minimum absolute atomic E-state index is 0.311. The number of azide groups is 1. The molecule has 0 aliphatic carbocycles. The molecule has 0 bridgehead atoms. The number of rotatable bonds is 10. The van der Waals surface area contributed by atoms with Gasteiger partial charge in [-0.3, -0.25) is 10.0 Å². The predicted molar refractivity (Wildman–Crippen MR) is 107 cm³/mol. The maximum atomic E-state index is 11.6. The maximum Gasteiger partial charge on any atom is 0.274 e. The zero-order valence-electron chi connectivity index (χ0n) is 15.7. The van der Waals surface area contributed by atoms with Crippen LogP contribution in [0.15, 0.2) is 59.8 Å². The summed E-state index contributed by atoms with van der Waals surface area (Å²) in [5.41, 5.74) is 12.2. The van der Waals surface area contributed by atoms with Crippen LogP contribution in [0.3, 0.4) is 0 Å². The number of carbonyl (C=O) groups is 1. The Kier molecular flexibility index (Phi) is 7.07. The number of nitrogens with one attached hydrogen (secondary N) is 1. The molecule has 1 heterocycles. The summed E-state index contributed by atoms with van der Waals surface area (Å²) in [5.74, 6) is 0.203. The summed E-state index contributed by atoms with van der Waals surface area (Å²) < 4.78 is 13.0. The molecule has 0 unspecified atom stereocenters. The highest BCUT2D eigenvalue weighted by Crippen LogP contribution is 2.20. The quantitative estimate of drug-likeness (QED) is 0.136. The summed E-state index contributed by atoms with van der Waals surface area (Å²) in [7, 11) is 0. The summed E-state index contributed by atoms with van der Waals surface area (Å²) in [6.45, 7) is 2.15. The van der Waals surface area contributed by atoms with Crippen molar-refractivity contribution in [2.24, 2.45) is 5.11 Å². The molecule has 2 N–H and O–H groups in total. The number of benzene rings is 2. The third kappa shape index (κ3) is 5.49. The average Bonchev–Trinajstić information content (AvgIpc) is 3.15. The van der Waals surface area contributed by atoms with Crippen LogP contribution in [0.5, 0.6) is 5.75 Å². The number of hydroxylamine groups is 1. The number of ether oxygens (including phenoxy) is 2. The molecule has 9 nitrogen and oxygen atoms in total. The van der Waals surface area contributed by atoms with E-state index in [-0.39, 0.29) is 0 Å². The second-order valence-electron chi connectivity index (χ2n) is 6.22. The van der Waals surface area contributed by atoms with Crippen molar-refractivity contribution in [3.63, 3.8) is 0 Å². The van der Waals surface area contributed by atoms with Gasteiger partial charge in [0.15, 0.2) is 0 Å². The molecule has 29 heavy (non-hydrogen) atoms. The fraction of sp³-hybridized carbons (Fsp3) is 0.250. The Bertz CT molecular complexity index is 1010. The van der Waals surface area contributed by atoms with Crippen LogP contribution in [-0.4, -0.2) is 42.0 Å². The third-order valence-corrected chi connectivity index (χ3v) is 4.31. The predicted octanol–water partition coefficient (Wildman–Crippen LogP) is 3.51. The van der Waals surface area contributed by atoms with Crippen molar-refractivity contribution in [2.45, 2.75) is 6.54 Å². The molecule has 3 aromatic rings. The van der Waals surface area contributed by atoms with E-state index in [2.05, 4.69) is 10.0 Å². The molecule has 150 valence electrons. The van der Waals surface area contributed by atoms with Crippen molar-refractivity contribution in [3.05, 3.63) is 76.3 Å². The van der Waals surface area contributed by atoms with Gasteiger partial charge in [0.2, 0.25) is 0 Å². The maximum absolute atomic E-state index is 11.6. The molecule has 1 aromatic heterocycles. The molecule has 0 radical (unpaired) electrons. The first-order valence-corrected chi connectivity index (χ1v) is 9.05. The Balaban J connectivity index is 1.57. The van der Waals surface area contributed by atoms with Crippen molar-refractivity contribution in [3.8, 4) is 5.75 Å². The molecule has 1 amide bonds. The molecule has 3 rings (SSSR count). The van der Waals surface area contributed by atoms with E-state index in [9.17, 15) is 4.79 Å². The summed E-state index contributed by atoms with van der Waals surface area (Å²) in [6.07, 6.45) is 1.96. The van der Waals surface area contributed by atoms with Crippen LogP contribution in [0, 0.1) is 0 Å². The Labute approximate surface area is 167 Å². The number of aromatic nitrogens is 1. The second-order valence-corrected chi connectivity index (χ2v) is 6.22. The van der Waals surface area contributed by atoms with Gasteiger partial charge >= 0.3 is 0 Å². The second kappa shape index (κ2) is 10.1. The van der Waals surface area contributed by atoms with Crippen molar-refractivity contribution in [1.29, 1.82) is 0 Å². The van der Waals surface area contributed by atoms with Crippen LogP contribution < -0.4 is 10.2 Å². The highest BCUT2D eigenvalue weighted by atomic mass is 16.5. The summed E-state index contributed by atoms with van der Waals surface area (Å²) in [4.78, 5) is 14.3. The zero-order chi connectivity index (χ0) is 20.5. The van der Waals surface area contributed by atoms with Gasteiger partial charge < -0.3 is 14.0 Å². The first-order valence-electron chi connectivity index (χ1n) is 9.05. The van der Waals surface area contributed by atoms with Crippen molar-refractivity contribution < 1.29 is 19.5 Å². The molecular weight excluding hydrogens is 374 g/mol. The number of hydrogen-bond donors (Lipinski definition) is 2. The molecule has 0 saturated carbocycles. The van der Waals surface area contributed by atoms with E-state index < -0.39 is 5.91 Å². The summed E-state index contributed by atoms with van der Waals surface area (Å²) >= 11 is 0. The van der Waals surface area contributed by atoms with Crippen LogP contribution in [-0.2, 0) is 11.3 Å². The number of fused-ring (bicyclic) bond motifs is 1. The van der Waals surface area contributed by atoms with Gasteiger partial charge in [-0.2, -0.15) is 0 Å². The number of amides is 1. The van der Waals surface area contributed by atoms with E-state index >= 15 is 0 Å². The standard InChI is InChI=1S/C20H21N5O4/c21-24-22-8-10-28-11-12-29-18-5-1-15(2-6-18)14-25-9-7-16-3-4-17(13-19(16)25)20(26)23-27/h1-7,9,13,27H,8,10-12,14H2,(H,23,26). The van der Waals surface area contributed by atoms with E-state index in [0.717, 1.165) is 22.2 Å². The van der Waals surface area contributed by atoms with Crippen molar-refractivity contribution in [2.75, 3.05) is 26.4 Å². The lowest BCUT2D eigenvalue weighted by Gasteiger charge is -2.09. The molecule has 0 atom stereocenters. The Morgan fingerprint density at radius 1 is 1.14 bits per heavy atom. The molecule has 0 spiro atoms.